The van der Waals surface area contributed by atoms with Crippen molar-refractivity contribution in [2.45, 2.75) is 19.3 Å². The highest BCUT2D eigenvalue weighted by atomic mass is 16.5. The first-order valence-electron chi connectivity index (χ1n) is 9.63. The molecule has 2 aromatic carbocycles. The van der Waals surface area contributed by atoms with Gasteiger partial charge in [0.2, 0.25) is 0 Å². The molecule has 1 saturated heterocycles. The van der Waals surface area contributed by atoms with Gasteiger partial charge in [-0.1, -0.05) is 18.2 Å². The summed E-state index contributed by atoms with van der Waals surface area (Å²) in [6.45, 7) is 2.07. The summed E-state index contributed by atoms with van der Waals surface area (Å²) in [7, 11) is 0. The lowest BCUT2D eigenvalue weighted by atomic mass is 10.1. The molecule has 0 bridgehead atoms. The second-order valence-corrected chi connectivity index (χ2v) is 6.84. The first kappa shape index (κ1) is 18.0. The van der Waals surface area contributed by atoms with Crippen LogP contribution in [0.5, 0.6) is 11.5 Å². The maximum absolute atomic E-state index is 12.6. The zero-order valence-corrected chi connectivity index (χ0v) is 15.7. The molecule has 5 nitrogen and oxygen atoms in total. The van der Waals surface area contributed by atoms with Crippen molar-refractivity contribution in [1.29, 1.82) is 0 Å². The summed E-state index contributed by atoms with van der Waals surface area (Å²) >= 11 is 0. The molecular formula is C23H23N3O2. The minimum absolute atomic E-state index is 0.212. The number of carbonyl (C=O) groups excluding carboxylic acids is 1. The molecule has 1 fully saturated rings. The van der Waals surface area contributed by atoms with Crippen molar-refractivity contribution in [2.24, 2.45) is 0 Å². The third-order valence-electron chi connectivity index (χ3n) is 4.79. The number of piperidine rings is 1. The van der Waals surface area contributed by atoms with E-state index in [1.807, 2.05) is 66.7 Å². The molecule has 1 aromatic heterocycles. The van der Waals surface area contributed by atoms with E-state index in [1.165, 1.54) is 19.3 Å². The number of rotatable bonds is 5. The predicted molar refractivity (Wildman–Crippen MR) is 111 cm³/mol. The molecule has 1 aliphatic rings. The normalized spacial score (nSPS) is 13.8. The molecule has 0 atom stereocenters. The summed E-state index contributed by atoms with van der Waals surface area (Å²) in [5.41, 5.74) is 2.19. The van der Waals surface area contributed by atoms with Crippen LogP contribution < -0.4 is 15.0 Å². The van der Waals surface area contributed by atoms with E-state index in [4.69, 9.17) is 4.74 Å². The zero-order chi connectivity index (χ0) is 19.2. The predicted octanol–water partition coefficient (Wildman–Crippen LogP) is 5.12. The molecule has 4 rings (SSSR count). The van der Waals surface area contributed by atoms with Crippen LogP contribution in [0.15, 0.2) is 72.9 Å². The fraction of sp³-hybridized carbons (Fsp3) is 0.217. The summed E-state index contributed by atoms with van der Waals surface area (Å²) < 4.78 is 5.78. The Labute approximate surface area is 165 Å². The summed E-state index contributed by atoms with van der Waals surface area (Å²) in [6.07, 6.45) is 5.37. The Balaban J connectivity index is 1.40. The number of pyridine rings is 1. The average molecular weight is 373 g/mol. The highest BCUT2D eigenvalue weighted by Crippen LogP contribution is 2.23. The Morgan fingerprint density at radius 3 is 2.36 bits per heavy atom. The number of carbonyl (C=O) groups is 1. The topological polar surface area (TPSA) is 54.5 Å². The Hall–Kier alpha value is -3.34. The molecule has 0 radical (unpaired) electrons. The van der Waals surface area contributed by atoms with Crippen molar-refractivity contribution < 1.29 is 9.53 Å². The minimum atomic E-state index is -0.212. The van der Waals surface area contributed by atoms with E-state index in [1.54, 1.807) is 6.20 Å². The molecule has 3 aromatic rings. The molecule has 28 heavy (non-hydrogen) atoms. The lowest BCUT2D eigenvalue weighted by molar-refractivity contribution is 0.102. The molecule has 1 aliphatic heterocycles. The van der Waals surface area contributed by atoms with Crippen LogP contribution in [0.3, 0.4) is 0 Å². The van der Waals surface area contributed by atoms with E-state index in [0.29, 0.717) is 11.4 Å². The van der Waals surface area contributed by atoms with Crippen LogP contribution in [0, 0.1) is 0 Å². The standard InChI is InChI=1S/C23H23N3O2/c27-23(22-17-19(13-14-24-22)26-15-5-2-6-16-26)25-18-9-11-21(12-10-18)28-20-7-3-1-4-8-20/h1,3-4,7-14,17H,2,5-6,15-16H2,(H,25,27). The number of hydrogen-bond acceptors (Lipinski definition) is 4. The summed E-state index contributed by atoms with van der Waals surface area (Å²) in [5, 5.41) is 2.90. The van der Waals surface area contributed by atoms with E-state index in [2.05, 4.69) is 15.2 Å². The van der Waals surface area contributed by atoms with Crippen LogP contribution >= 0.6 is 0 Å². The van der Waals surface area contributed by atoms with Gasteiger partial charge in [-0.25, -0.2) is 0 Å². The van der Waals surface area contributed by atoms with Crippen molar-refractivity contribution in [3.63, 3.8) is 0 Å². The number of nitrogens with zero attached hydrogens (tertiary/aromatic N) is 2. The Kier molecular flexibility index (Phi) is 5.52. The fourth-order valence-electron chi connectivity index (χ4n) is 3.32. The van der Waals surface area contributed by atoms with Gasteiger partial charge in [0.1, 0.15) is 17.2 Å². The van der Waals surface area contributed by atoms with Gasteiger partial charge in [0.25, 0.3) is 5.91 Å². The fourth-order valence-corrected chi connectivity index (χ4v) is 3.32. The van der Waals surface area contributed by atoms with Crippen LogP contribution in [0.4, 0.5) is 11.4 Å². The van der Waals surface area contributed by atoms with Gasteiger partial charge in [0.15, 0.2) is 0 Å². The maximum atomic E-state index is 12.6. The van der Waals surface area contributed by atoms with Crippen molar-refractivity contribution in [1.82, 2.24) is 4.98 Å². The number of hydrogen-bond donors (Lipinski definition) is 1. The highest BCUT2D eigenvalue weighted by Gasteiger charge is 2.14. The Morgan fingerprint density at radius 2 is 1.61 bits per heavy atom. The van der Waals surface area contributed by atoms with Crippen molar-refractivity contribution in [2.75, 3.05) is 23.3 Å². The molecule has 0 unspecified atom stereocenters. The van der Waals surface area contributed by atoms with Gasteiger partial charge >= 0.3 is 0 Å². The second-order valence-electron chi connectivity index (χ2n) is 6.84. The minimum Gasteiger partial charge on any atom is -0.457 e. The quantitative estimate of drug-likeness (QED) is 0.675. The van der Waals surface area contributed by atoms with Gasteiger partial charge in [-0.05, 0) is 67.8 Å². The number of nitrogens with one attached hydrogen (secondary N) is 1. The molecule has 142 valence electrons. The van der Waals surface area contributed by atoms with Crippen LogP contribution in [0.1, 0.15) is 29.8 Å². The van der Waals surface area contributed by atoms with E-state index < -0.39 is 0 Å². The van der Waals surface area contributed by atoms with Crippen molar-refractivity contribution in [3.8, 4) is 11.5 Å². The second kappa shape index (κ2) is 8.57. The van der Waals surface area contributed by atoms with Gasteiger partial charge in [-0.2, -0.15) is 0 Å². The number of anilines is 2. The zero-order valence-electron chi connectivity index (χ0n) is 15.7. The summed E-state index contributed by atoms with van der Waals surface area (Å²) in [4.78, 5) is 19.2. The molecule has 2 heterocycles. The van der Waals surface area contributed by atoms with Crippen LogP contribution in [0.25, 0.3) is 0 Å². The Bertz CT molecular complexity index is 920. The first-order valence-corrected chi connectivity index (χ1v) is 9.63. The third kappa shape index (κ3) is 4.49. The van der Waals surface area contributed by atoms with E-state index in [9.17, 15) is 4.79 Å². The molecule has 0 aliphatic carbocycles. The average Bonchev–Trinajstić information content (AvgIpc) is 2.76. The third-order valence-corrected chi connectivity index (χ3v) is 4.79. The van der Waals surface area contributed by atoms with Gasteiger partial charge in [0, 0.05) is 30.7 Å². The Morgan fingerprint density at radius 1 is 0.893 bits per heavy atom. The monoisotopic (exact) mass is 373 g/mol. The van der Waals surface area contributed by atoms with Gasteiger partial charge in [0.05, 0.1) is 0 Å². The number of benzene rings is 2. The van der Waals surface area contributed by atoms with Gasteiger partial charge < -0.3 is 15.0 Å². The highest BCUT2D eigenvalue weighted by molar-refractivity contribution is 6.03. The number of amides is 1. The molecule has 0 spiro atoms. The number of ether oxygens (including phenoxy) is 1. The number of para-hydroxylation sites is 1. The molecule has 1 N–H and O–H groups in total. The summed E-state index contributed by atoms with van der Waals surface area (Å²) in [6, 6.07) is 20.7. The van der Waals surface area contributed by atoms with Gasteiger partial charge in [-0.15, -0.1) is 0 Å². The summed E-state index contributed by atoms with van der Waals surface area (Å²) in [5.74, 6) is 1.28. The SMILES string of the molecule is O=C(Nc1ccc(Oc2ccccc2)cc1)c1cc(N2CCCCC2)ccn1. The van der Waals surface area contributed by atoms with Crippen LogP contribution in [-0.4, -0.2) is 24.0 Å². The molecule has 1 amide bonds. The first-order chi connectivity index (χ1) is 13.8. The van der Waals surface area contributed by atoms with E-state index in [-0.39, 0.29) is 5.91 Å². The van der Waals surface area contributed by atoms with Crippen molar-refractivity contribution in [3.05, 3.63) is 78.6 Å². The van der Waals surface area contributed by atoms with Gasteiger partial charge in [-0.3, -0.25) is 9.78 Å². The van der Waals surface area contributed by atoms with Crippen LogP contribution in [0.2, 0.25) is 0 Å². The lowest BCUT2D eigenvalue weighted by Crippen LogP contribution is -2.29. The van der Waals surface area contributed by atoms with E-state index >= 15 is 0 Å². The maximum Gasteiger partial charge on any atom is 0.274 e. The molecular weight excluding hydrogens is 350 g/mol. The largest absolute Gasteiger partial charge is 0.457 e. The van der Waals surface area contributed by atoms with Crippen LogP contribution in [-0.2, 0) is 0 Å². The van der Waals surface area contributed by atoms with E-state index in [0.717, 1.165) is 30.3 Å². The number of aromatic nitrogens is 1. The molecule has 5 heteroatoms. The lowest BCUT2D eigenvalue weighted by Gasteiger charge is -2.28. The molecule has 0 saturated carbocycles. The van der Waals surface area contributed by atoms with Crippen molar-refractivity contribution >= 4 is 17.3 Å². The smallest absolute Gasteiger partial charge is 0.274 e.